The Morgan fingerprint density at radius 1 is 1.73 bits per heavy atom. The van der Waals surface area contributed by atoms with Crippen LogP contribution in [-0.2, 0) is 0 Å². The van der Waals surface area contributed by atoms with E-state index in [2.05, 4.69) is 4.98 Å². The standard InChI is InChI=1S/C7H6BNO2/c1-11-6-3-9-7(8)2-5(6)4-10/h2-4H,1H3. The van der Waals surface area contributed by atoms with Gasteiger partial charge in [0.05, 0.1) is 18.9 Å². The highest BCUT2D eigenvalue weighted by molar-refractivity contribution is 6.30. The van der Waals surface area contributed by atoms with E-state index in [-0.39, 0.29) is 0 Å². The fraction of sp³-hybridized carbons (Fsp3) is 0.143. The zero-order valence-corrected chi connectivity index (χ0v) is 6.07. The number of hydrogen-bond acceptors (Lipinski definition) is 3. The molecule has 0 bridgehead atoms. The molecule has 0 atom stereocenters. The molecule has 0 unspecified atom stereocenters. The van der Waals surface area contributed by atoms with Gasteiger partial charge < -0.3 is 4.74 Å². The zero-order valence-electron chi connectivity index (χ0n) is 6.07. The predicted octanol–water partition coefficient (Wildman–Crippen LogP) is -0.304. The lowest BCUT2D eigenvalue weighted by atomic mass is 10.0. The topological polar surface area (TPSA) is 39.2 Å². The Bertz CT molecular complexity index is 275. The molecule has 3 nitrogen and oxygen atoms in total. The number of carbonyl (C=O) groups excluding carboxylic acids is 1. The van der Waals surface area contributed by atoms with Crippen LogP contribution in [0, 0.1) is 0 Å². The molecule has 54 valence electrons. The highest BCUT2D eigenvalue weighted by Crippen LogP contribution is 2.10. The van der Waals surface area contributed by atoms with Crippen molar-refractivity contribution in [3.05, 3.63) is 17.8 Å². The van der Waals surface area contributed by atoms with Gasteiger partial charge in [-0.2, -0.15) is 0 Å². The van der Waals surface area contributed by atoms with E-state index in [1.54, 1.807) is 0 Å². The lowest BCUT2D eigenvalue weighted by Gasteiger charge is -2.02. The van der Waals surface area contributed by atoms with E-state index in [1.165, 1.54) is 19.4 Å². The molecular formula is C7H6BNO2. The molecule has 4 heteroatoms. The van der Waals surface area contributed by atoms with Gasteiger partial charge >= 0.3 is 0 Å². The Kier molecular flexibility index (Phi) is 2.26. The first kappa shape index (κ1) is 7.79. The van der Waals surface area contributed by atoms with E-state index < -0.39 is 0 Å². The second kappa shape index (κ2) is 3.19. The lowest BCUT2D eigenvalue weighted by Crippen LogP contribution is -2.09. The number of nitrogens with zero attached hydrogens (tertiary/aromatic N) is 1. The zero-order chi connectivity index (χ0) is 8.27. The fourth-order valence-corrected chi connectivity index (χ4v) is 0.738. The number of ether oxygens (including phenoxy) is 1. The number of aldehydes is 1. The average molecular weight is 147 g/mol. The monoisotopic (exact) mass is 147 g/mol. The predicted molar refractivity (Wildman–Crippen MR) is 41.6 cm³/mol. The number of rotatable bonds is 2. The quantitative estimate of drug-likeness (QED) is 0.425. The molecule has 2 radical (unpaired) electrons. The number of carbonyl (C=O) groups is 1. The van der Waals surface area contributed by atoms with E-state index in [1.807, 2.05) is 0 Å². The Labute approximate surface area is 65.8 Å². The van der Waals surface area contributed by atoms with Gasteiger partial charge in [0.2, 0.25) is 0 Å². The van der Waals surface area contributed by atoms with E-state index in [0.717, 1.165) is 0 Å². The van der Waals surface area contributed by atoms with Crippen molar-refractivity contribution >= 4 is 19.7 Å². The second-order valence-electron chi connectivity index (χ2n) is 1.97. The normalized spacial score (nSPS) is 9.18. The molecule has 0 aliphatic heterocycles. The molecule has 0 N–H and O–H groups in total. The van der Waals surface area contributed by atoms with E-state index in [0.29, 0.717) is 23.2 Å². The van der Waals surface area contributed by atoms with Crippen LogP contribution in [-0.4, -0.2) is 26.2 Å². The molecule has 0 amide bonds. The van der Waals surface area contributed by atoms with Crippen molar-refractivity contribution in [1.82, 2.24) is 4.98 Å². The molecule has 1 aromatic heterocycles. The molecule has 0 saturated carbocycles. The summed E-state index contributed by atoms with van der Waals surface area (Å²) in [5, 5.41) is 0. The molecule has 0 saturated heterocycles. The summed E-state index contributed by atoms with van der Waals surface area (Å²) in [6.07, 6.45) is 2.09. The Hall–Kier alpha value is -1.32. The minimum Gasteiger partial charge on any atom is -0.494 e. The minimum atomic E-state index is 0.313. The van der Waals surface area contributed by atoms with Crippen molar-refractivity contribution in [2.75, 3.05) is 7.11 Å². The number of aromatic nitrogens is 1. The van der Waals surface area contributed by atoms with Gasteiger partial charge in [-0.1, -0.05) is 0 Å². The minimum absolute atomic E-state index is 0.313. The molecule has 0 spiro atoms. The van der Waals surface area contributed by atoms with Gasteiger partial charge in [0, 0.05) is 0 Å². The summed E-state index contributed by atoms with van der Waals surface area (Å²) in [7, 11) is 6.80. The molecule has 11 heavy (non-hydrogen) atoms. The molecule has 0 aliphatic carbocycles. The van der Waals surface area contributed by atoms with Gasteiger partial charge in [0.25, 0.3) is 0 Å². The summed E-state index contributed by atoms with van der Waals surface area (Å²) in [4.78, 5) is 14.1. The highest BCUT2D eigenvalue weighted by Gasteiger charge is 2.00. The van der Waals surface area contributed by atoms with Crippen LogP contribution in [0.5, 0.6) is 5.75 Å². The summed E-state index contributed by atoms with van der Waals surface area (Å²) in [5.74, 6) is 0.439. The Morgan fingerprint density at radius 3 is 3.00 bits per heavy atom. The van der Waals surface area contributed by atoms with Crippen LogP contribution in [0.15, 0.2) is 12.3 Å². The highest BCUT2D eigenvalue weighted by atomic mass is 16.5. The van der Waals surface area contributed by atoms with E-state index in [9.17, 15) is 4.79 Å². The van der Waals surface area contributed by atoms with Gasteiger partial charge in [-0.25, -0.2) is 0 Å². The molecule has 1 aromatic rings. The summed E-state index contributed by atoms with van der Waals surface area (Å²) >= 11 is 0. The van der Waals surface area contributed by atoms with Crippen molar-refractivity contribution in [3.63, 3.8) is 0 Å². The van der Waals surface area contributed by atoms with Crippen LogP contribution in [0.3, 0.4) is 0 Å². The van der Waals surface area contributed by atoms with Crippen molar-refractivity contribution in [3.8, 4) is 5.75 Å². The van der Waals surface area contributed by atoms with Gasteiger partial charge in [-0.3, -0.25) is 9.78 Å². The number of methoxy groups -OCH3 is 1. The first-order valence-electron chi connectivity index (χ1n) is 3.02. The maximum Gasteiger partial charge on any atom is 0.153 e. The van der Waals surface area contributed by atoms with Gasteiger partial charge in [0.1, 0.15) is 13.6 Å². The van der Waals surface area contributed by atoms with Gasteiger partial charge in [-0.05, 0) is 11.7 Å². The molecule has 0 aliphatic rings. The first-order valence-corrected chi connectivity index (χ1v) is 3.02. The van der Waals surface area contributed by atoms with Gasteiger partial charge in [-0.15, -0.1) is 0 Å². The smallest absolute Gasteiger partial charge is 0.153 e. The van der Waals surface area contributed by atoms with Crippen LogP contribution in [0.25, 0.3) is 0 Å². The maximum absolute atomic E-state index is 10.4. The molecule has 0 fully saturated rings. The summed E-state index contributed by atoms with van der Waals surface area (Å²) in [6.45, 7) is 0. The number of hydrogen-bond donors (Lipinski definition) is 0. The third-order valence-corrected chi connectivity index (χ3v) is 1.27. The summed E-state index contributed by atoms with van der Waals surface area (Å²) in [6, 6.07) is 1.46. The largest absolute Gasteiger partial charge is 0.494 e. The van der Waals surface area contributed by atoms with Crippen molar-refractivity contribution in [2.24, 2.45) is 0 Å². The van der Waals surface area contributed by atoms with Crippen LogP contribution in [0.1, 0.15) is 10.4 Å². The molecule has 1 heterocycles. The first-order chi connectivity index (χ1) is 5.27. The van der Waals surface area contributed by atoms with Crippen molar-refractivity contribution < 1.29 is 9.53 Å². The van der Waals surface area contributed by atoms with Crippen LogP contribution in [0.4, 0.5) is 0 Å². The maximum atomic E-state index is 10.4. The summed E-state index contributed by atoms with van der Waals surface area (Å²) in [5.41, 5.74) is 0.730. The second-order valence-corrected chi connectivity index (χ2v) is 1.97. The van der Waals surface area contributed by atoms with Crippen molar-refractivity contribution in [1.29, 1.82) is 0 Å². The van der Waals surface area contributed by atoms with Crippen molar-refractivity contribution in [2.45, 2.75) is 0 Å². The molecule has 1 rings (SSSR count). The SMILES string of the molecule is [B]c1cc(C=O)c(OC)cn1. The third-order valence-electron chi connectivity index (χ3n) is 1.27. The van der Waals surface area contributed by atoms with Gasteiger partial charge in [0.15, 0.2) is 6.29 Å². The lowest BCUT2D eigenvalue weighted by molar-refractivity contribution is 0.112. The average Bonchev–Trinajstić information content (AvgIpc) is 2.04. The molecule has 0 aromatic carbocycles. The van der Waals surface area contributed by atoms with Crippen LogP contribution >= 0.6 is 0 Å². The van der Waals surface area contributed by atoms with Crippen LogP contribution < -0.4 is 10.3 Å². The van der Waals surface area contributed by atoms with Crippen LogP contribution in [0.2, 0.25) is 0 Å². The third kappa shape index (κ3) is 1.58. The number of pyridine rings is 1. The molecular weight excluding hydrogens is 141 g/mol. The Morgan fingerprint density at radius 2 is 2.45 bits per heavy atom. The Balaban J connectivity index is 3.16. The van der Waals surface area contributed by atoms with E-state index >= 15 is 0 Å². The van der Waals surface area contributed by atoms with E-state index in [4.69, 9.17) is 12.6 Å². The fourth-order valence-electron chi connectivity index (χ4n) is 0.738. The summed E-state index contributed by atoms with van der Waals surface area (Å²) < 4.78 is 4.84.